The number of ketones is 1. The van der Waals surface area contributed by atoms with Gasteiger partial charge in [-0.1, -0.05) is 39.5 Å². The molecule has 1 saturated carbocycles. The SMILES string of the molecule is CCCC1(CCC)CCC2(CCN(CCCCCCN3CCCC3)C2)CC1=O. The van der Waals surface area contributed by atoms with Crippen molar-refractivity contribution in [1.29, 1.82) is 0 Å². The summed E-state index contributed by atoms with van der Waals surface area (Å²) in [5, 5.41) is 0. The van der Waals surface area contributed by atoms with Crippen molar-refractivity contribution in [3.05, 3.63) is 0 Å². The summed E-state index contributed by atoms with van der Waals surface area (Å²) in [6.07, 6.45) is 17.5. The van der Waals surface area contributed by atoms with Crippen LogP contribution in [0, 0.1) is 10.8 Å². The normalized spacial score (nSPS) is 28.6. The second-order valence-electron chi connectivity index (χ2n) is 10.4. The molecule has 0 radical (unpaired) electrons. The lowest BCUT2D eigenvalue weighted by Crippen LogP contribution is -2.43. The summed E-state index contributed by atoms with van der Waals surface area (Å²) in [6, 6.07) is 0. The lowest BCUT2D eigenvalue weighted by Gasteiger charge is -2.44. The highest BCUT2D eigenvalue weighted by atomic mass is 16.1. The molecule has 2 saturated heterocycles. The van der Waals surface area contributed by atoms with E-state index in [0.717, 1.165) is 38.5 Å². The van der Waals surface area contributed by atoms with Gasteiger partial charge in [0.2, 0.25) is 0 Å². The molecule has 0 amide bonds. The fourth-order valence-corrected chi connectivity index (χ4v) is 6.47. The zero-order valence-corrected chi connectivity index (χ0v) is 18.9. The fourth-order valence-electron chi connectivity index (χ4n) is 6.47. The van der Waals surface area contributed by atoms with Crippen LogP contribution in [0.15, 0.2) is 0 Å². The van der Waals surface area contributed by atoms with Crippen molar-refractivity contribution in [3.8, 4) is 0 Å². The highest BCUT2D eigenvalue weighted by Crippen LogP contribution is 2.51. The molecule has 2 aliphatic heterocycles. The first-order valence-corrected chi connectivity index (χ1v) is 12.6. The van der Waals surface area contributed by atoms with Gasteiger partial charge in [0.25, 0.3) is 0 Å². The molecule has 1 atom stereocenters. The Morgan fingerprint density at radius 3 is 2.04 bits per heavy atom. The van der Waals surface area contributed by atoms with Gasteiger partial charge in [0.1, 0.15) is 5.78 Å². The van der Waals surface area contributed by atoms with Crippen molar-refractivity contribution in [2.75, 3.05) is 39.3 Å². The smallest absolute Gasteiger partial charge is 0.139 e. The molecule has 2 heterocycles. The van der Waals surface area contributed by atoms with Crippen LogP contribution in [0.5, 0.6) is 0 Å². The molecule has 162 valence electrons. The van der Waals surface area contributed by atoms with Gasteiger partial charge in [-0.3, -0.25) is 4.79 Å². The number of nitrogens with zero attached hydrogens (tertiary/aromatic N) is 2. The molecule has 0 N–H and O–H groups in total. The van der Waals surface area contributed by atoms with E-state index in [0.29, 0.717) is 11.2 Å². The Balaban J connectivity index is 1.35. The molecule has 3 heteroatoms. The van der Waals surface area contributed by atoms with E-state index >= 15 is 0 Å². The Hall–Kier alpha value is -0.410. The maximum absolute atomic E-state index is 13.2. The number of carbonyl (C=O) groups excluding carboxylic acids is 1. The predicted octanol–water partition coefficient (Wildman–Crippen LogP) is 5.67. The van der Waals surface area contributed by atoms with E-state index in [9.17, 15) is 4.79 Å². The first kappa shape index (κ1) is 22.3. The van der Waals surface area contributed by atoms with Gasteiger partial charge in [0.05, 0.1) is 0 Å². The number of carbonyl (C=O) groups is 1. The summed E-state index contributed by atoms with van der Waals surface area (Å²) in [6.45, 7) is 12.2. The maximum Gasteiger partial charge on any atom is 0.139 e. The van der Waals surface area contributed by atoms with Gasteiger partial charge in [-0.05, 0) is 95.9 Å². The minimum Gasteiger partial charge on any atom is -0.303 e. The molecule has 0 aromatic rings. The molecule has 1 unspecified atom stereocenters. The molecular formula is C25H46N2O. The number of rotatable bonds is 11. The minimum atomic E-state index is 0.0392. The van der Waals surface area contributed by atoms with Gasteiger partial charge < -0.3 is 9.80 Å². The van der Waals surface area contributed by atoms with Crippen LogP contribution in [0.2, 0.25) is 0 Å². The third kappa shape index (κ3) is 5.59. The molecule has 1 aliphatic carbocycles. The quantitative estimate of drug-likeness (QED) is 0.424. The van der Waals surface area contributed by atoms with Crippen molar-refractivity contribution in [1.82, 2.24) is 9.80 Å². The summed E-state index contributed by atoms with van der Waals surface area (Å²) < 4.78 is 0. The second kappa shape index (κ2) is 10.6. The third-order valence-electron chi connectivity index (χ3n) is 8.13. The van der Waals surface area contributed by atoms with Crippen LogP contribution in [0.3, 0.4) is 0 Å². The Kier molecular flexibility index (Phi) is 8.41. The number of Topliss-reactive ketones (excluding diaryl/α,β-unsaturated/α-hetero) is 1. The highest BCUT2D eigenvalue weighted by molar-refractivity contribution is 5.86. The van der Waals surface area contributed by atoms with E-state index in [2.05, 4.69) is 23.6 Å². The second-order valence-corrected chi connectivity index (χ2v) is 10.4. The fraction of sp³-hybridized carbons (Fsp3) is 0.960. The average molecular weight is 391 g/mol. The summed E-state index contributed by atoms with van der Waals surface area (Å²) in [4.78, 5) is 18.5. The molecule has 3 fully saturated rings. The number of hydrogen-bond acceptors (Lipinski definition) is 3. The standard InChI is InChI=1S/C25H46N2O/c1-3-11-25(12-4-2)14-13-24(21-23(25)28)15-20-27(22-24)19-8-6-5-7-16-26-17-9-10-18-26/h3-22H2,1-2H3. The number of likely N-dealkylation sites (tertiary alicyclic amines) is 2. The molecule has 0 bridgehead atoms. The van der Waals surface area contributed by atoms with E-state index in [1.807, 2.05) is 0 Å². The van der Waals surface area contributed by atoms with Crippen molar-refractivity contribution < 1.29 is 4.79 Å². The molecule has 3 aliphatic rings. The Morgan fingerprint density at radius 1 is 0.786 bits per heavy atom. The predicted molar refractivity (Wildman–Crippen MR) is 119 cm³/mol. The van der Waals surface area contributed by atoms with Crippen LogP contribution in [0.25, 0.3) is 0 Å². The van der Waals surface area contributed by atoms with Crippen molar-refractivity contribution in [2.45, 2.75) is 104 Å². The van der Waals surface area contributed by atoms with E-state index in [1.165, 1.54) is 90.6 Å². The average Bonchev–Trinajstić information content (AvgIpc) is 3.33. The first-order valence-electron chi connectivity index (χ1n) is 12.6. The summed E-state index contributed by atoms with van der Waals surface area (Å²) in [5.41, 5.74) is 0.370. The Bertz CT molecular complexity index is 479. The topological polar surface area (TPSA) is 23.6 Å². The molecule has 0 aromatic heterocycles. The number of unbranched alkanes of at least 4 members (excludes halogenated alkanes) is 3. The lowest BCUT2D eigenvalue weighted by molar-refractivity contribution is -0.137. The van der Waals surface area contributed by atoms with Gasteiger partial charge in [0.15, 0.2) is 0 Å². The maximum atomic E-state index is 13.2. The largest absolute Gasteiger partial charge is 0.303 e. The monoisotopic (exact) mass is 390 g/mol. The van der Waals surface area contributed by atoms with E-state index in [1.54, 1.807) is 0 Å². The van der Waals surface area contributed by atoms with Crippen molar-refractivity contribution in [3.63, 3.8) is 0 Å². The number of hydrogen-bond donors (Lipinski definition) is 0. The zero-order chi connectivity index (χ0) is 19.9. The lowest BCUT2D eigenvalue weighted by atomic mass is 9.59. The zero-order valence-electron chi connectivity index (χ0n) is 18.9. The third-order valence-corrected chi connectivity index (χ3v) is 8.13. The molecule has 0 aromatic carbocycles. The Labute approximate surface area is 174 Å². The highest BCUT2D eigenvalue weighted by Gasteiger charge is 2.49. The molecular weight excluding hydrogens is 344 g/mol. The summed E-state index contributed by atoms with van der Waals surface area (Å²) in [7, 11) is 0. The van der Waals surface area contributed by atoms with Gasteiger partial charge in [0, 0.05) is 18.4 Å². The minimum absolute atomic E-state index is 0.0392. The molecule has 3 nitrogen and oxygen atoms in total. The molecule has 3 rings (SSSR count). The van der Waals surface area contributed by atoms with Crippen LogP contribution in [-0.4, -0.2) is 54.9 Å². The van der Waals surface area contributed by atoms with Gasteiger partial charge in [-0.15, -0.1) is 0 Å². The van der Waals surface area contributed by atoms with Crippen LogP contribution in [0.4, 0.5) is 0 Å². The van der Waals surface area contributed by atoms with Crippen LogP contribution < -0.4 is 0 Å². The first-order chi connectivity index (χ1) is 13.6. The van der Waals surface area contributed by atoms with Crippen LogP contribution in [-0.2, 0) is 4.79 Å². The van der Waals surface area contributed by atoms with Crippen LogP contribution >= 0.6 is 0 Å². The summed E-state index contributed by atoms with van der Waals surface area (Å²) in [5.74, 6) is 0.617. The van der Waals surface area contributed by atoms with Gasteiger partial charge in [-0.2, -0.15) is 0 Å². The van der Waals surface area contributed by atoms with E-state index < -0.39 is 0 Å². The van der Waals surface area contributed by atoms with E-state index in [4.69, 9.17) is 0 Å². The van der Waals surface area contributed by atoms with Crippen molar-refractivity contribution >= 4 is 5.78 Å². The Morgan fingerprint density at radius 2 is 1.43 bits per heavy atom. The van der Waals surface area contributed by atoms with E-state index in [-0.39, 0.29) is 5.41 Å². The van der Waals surface area contributed by atoms with Crippen LogP contribution in [0.1, 0.15) is 104 Å². The molecule has 28 heavy (non-hydrogen) atoms. The molecule has 1 spiro atoms. The van der Waals surface area contributed by atoms with Gasteiger partial charge >= 0.3 is 0 Å². The van der Waals surface area contributed by atoms with Gasteiger partial charge in [-0.25, -0.2) is 0 Å². The van der Waals surface area contributed by atoms with Crippen molar-refractivity contribution in [2.24, 2.45) is 10.8 Å². The summed E-state index contributed by atoms with van der Waals surface area (Å²) >= 11 is 0.